The van der Waals surface area contributed by atoms with E-state index in [0.29, 0.717) is 25.9 Å². The standard InChI is InChI=1S/C15H28N2O3/c1-14(2,3)13(20)16-9-4-5-12(19)17-11-15(6-7-15)8-10-18/h18H,4-11H2,1-3H3,(H,16,20)(H,17,19). The molecule has 3 N–H and O–H groups in total. The number of nitrogens with one attached hydrogen (secondary N) is 2. The first-order chi connectivity index (χ1) is 9.29. The van der Waals surface area contributed by atoms with Gasteiger partial charge in [0, 0.05) is 31.5 Å². The summed E-state index contributed by atoms with van der Waals surface area (Å²) in [6.07, 6.45) is 4.04. The van der Waals surface area contributed by atoms with Crippen molar-refractivity contribution in [2.24, 2.45) is 10.8 Å². The largest absolute Gasteiger partial charge is 0.396 e. The van der Waals surface area contributed by atoms with E-state index in [1.807, 2.05) is 20.8 Å². The summed E-state index contributed by atoms with van der Waals surface area (Å²) in [5.74, 6) is 0.0389. The Morgan fingerprint density at radius 2 is 1.85 bits per heavy atom. The zero-order valence-corrected chi connectivity index (χ0v) is 12.9. The van der Waals surface area contributed by atoms with E-state index in [0.717, 1.165) is 19.3 Å². The van der Waals surface area contributed by atoms with Crippen molar-refractivity contribution >= 4 is 11.8 Å². The molecule has 5 nitrogen and oxygen atoms in total. The lowest BCUT2D eigenvalue weighted by atomic mass is 9.96. The van der Waals surface area contributed by atoms with Crippen molar-refractivity contribution in [1.82, 2.24) is 10.6 Å². The lowest BCUT2D eigenvalue weighted by Gasteiger charge is -2.17. The van der Waals surface area contributed by atoms with Gasteiger partial charge in [0.15, 0.2) is 0 Å². The molecule has 1 fully saturated rings. The minimum Gasteiger partial charge on any atom is -0.396 e. The second-order valence-corrected chi connectivity index (χ2v) is 6.86. The molecule has 0 heterocycles. The first-order valence-corrected chi connectivity index (χ1v) is 7.45. The number of hydrogen-bond donors (Lipinski definition) is 3. The van der Waals surface area contributed by atoms with Crippen LogP contribution in [0.25, 0.3) is 0 Å². The maximum Gasteiger partial charge on any atom is 0.225 e. The van der Waals surface area contributed by atoms with Crippen molar-refractivity contribution in [1.29, 1.82) is 0 Å². The van der Waals surface area contributed by atoms with E-state index < -0.39 is 0 Å². The zero-order chi connectivity index (χ0) is 15.2. The van der Waals surface area contributed by atoms with E-state index in [-0.39, 0.29) is 29.3 Å². The molecule has 0 saturated heterocycles. The van der Waals surface area contributed by atoms with Gasteiger partial charge in [0.05, 0.1) is 0 Å². The Bertz CT molecular complexity index is 344. The molecule has 1 aliphatic carbocycles. The van der Waals surface area contributed by atoms with Gasteiger partial charge in [0.1, 0.15) is 0 Å². The summed E-state index contributed by atoms with van der Waals surface area (Å²) in [6, 6.07) is 0. The number of carbonyl (C=O) groups is 2. The van der Waals surface area contributed by atoms with E-state index in [1.165, 1.54) is 0 Å². The number of hydrogen-bond acceptors (Lipinski definition) is 3. The second kappa shape index (κ2) is 7.07. The molecule has 5 heteroatoms. The van der Waals surface area contributed by atoms with Crippen molar-refractivity contribution < 1.29 is 14.7 Å². The van der Waals surface area contributed by atoms with Crippen molar-refractivity contribution in [2.45, 2.75) is 52.9 Å². The maximum absolute atomic E-state index is 11.7. The molecule has 0 aromatic heterocycles. The highest BCUT2D eigenvalue weighted by Gasteiger charge is 2.41. The van der Waals surface area contributed by atoms with Gasteiger partial charge in [-0.1, -0.05) is 20.8 Å². The van der Waals surface area contributed by atoms with E-state index in [4.69, 9.17) is 5.11 Å². The molecule has 116 valence electrons. The van der Waals surface area contributed by atoms with E-state index >= 15 is 0 Å². The van der Waals surface area contributed by atoms with Gasteiger partial charge in [-0.3, -0.25) is 9.59 Å². The first kappa shape index (κ1) is 17.0. The Morgan fingerprint density at radius 3 is 2.35 bits per heavy atom. The second-order valence-electron chi connectivity index (χ2n) is 6.86. The number of amides is 2. The fourth-order valence-electron chi connectivity index (χ4n) is 2.02. The number of rotatable bonds is 8. The molecule has 1 aliphatic rings. The lowest BCUT2D eigenvalue weighted by Crippen LogP contribution is -2.36. The summed E-state index contributed by atoms with van der Waals surface area (Å²) in [6.45, 7) is 6.99. The molecule has 0 radical (unpaired) electrons. The molecule has 0 aromatic carbocycles. The predicted octanol–water partition coefficient (Wildman–Crippen LogP) is 1.21. The van der Waals surface area contributed by atoms with Crippen LogP contribution >= 0.6 is 0 Å². The van der Waals surface area contributed by atoms with Crippen LogP contribution in [0.4, 0.5) is 0 Å². The van der Waals surface area contributed by atoms with Crippen LogP contribution in [0.2, 0.25) is 0 Å². The third kappa shape index (κ3) is 5.90. The fourth-order valence-corrected chi connectivity index (χ4v) is 2.02. The van der Waals surface area contributed by atoms with E-state index in [1.54, 1.807) is 0 Å². The highest BCUT2D eigenvalue weighted by molar-refractivity contribution is 5.81. The molecular formula is C15H28N2O3. The minimum absolute atomic E-state index is 0.0118. The summed E-state index contributed by atoms with van der Waals surface area (Å²) in [4.78, 5) is 23.3. The molecule has 1 rings (SSSR count). The van der Waals surface area contributed by atoms with E-state index in [9.17, 15) is 9.59 Å². The van der Waals surface area contributed by atoms with Crippen molar-refractivity contribution in [2.75, 3.05) is 19.7 Å². The van der Waals surface area contributed by atoms with Gasteiger partial charge in [0.25, 0.3) is 0 Å². The van der Waals surface area contributed by atoms with E-state index in [2.05, 4.69) is 10.6 Å². The Morgan fingerprint density at radius 1 is 1.20 bits per heavy atom. The predicted molar refractivity (Wildman–Crippen MR) is 78.1 cm³/mol. The van der Waals surface area contributed by atoms with Crippen LogP contribution in [0, 0.1) is 10.8 Å². The zero-order valence-electron chi connectivity index (χ0n) is 12.9. The van der Waals surface area contributed by atoms with Crippen molar-refractivity contribution in [3.05, 3.63) is 0 Å². The number of aliphatic hydroxyl groups excluding tert-OH is 1. The smallest absolute Gasteiger partial charge is 0.225 e. The molecule has 0 bridgehead atoms. The monoisotopic (exact) mass is 284 g/mol. The summed E-state index contributed by atoms with van der Waals surface area (Å²) in [5, 5.41) is 14.7. The van der Waals surface area contributed by atoms with Crippen molar-refractivity contribution in [3.8, 4) is 0 Å². The van der Waals surface area contributed by atoms with Gasteiger partial charge in [-0.05, 0) is 31.1 Å². The maximum atomic E-state index is 11.7. The van der Waals surface area contributed by atoms with Crippen LogP contribution < -0.4 is 10.6 Å². The molecule has 0 aliphatic heterocycles. The Kier molecular flexibility index (Phi) is 5.99. The van der Waals surface area contributed by atoms with Gasteiger partial charge < -0.3 is 15.7 Å². The molecule has 0 unspecified atom stereocenters. The Hall–Kier alpha value is -1.10. The quantitative estimate of drug-likeness (QED) is 0.586. The molecule has 0 spiro atoms. The third-order valence-electron chi connectivity index (χ3n) is 3.81. The number of carbonyl (C=O) groups excluding carboxylic acids is 2. The minimum atomic E-state index is -0.384. The summed E-state index contributed by atoms with van der Waals surface area (Å²) in [7, 11) is 0. The normalized spacial score (nSPS) is 16.6. The van der Waals surface area contributed by atoms with Crippen LogP contribution in [0.1, 0.15) is 52.9 Å². The van der Waals surface area contributed by atoms with Gasteiger partial charge in [0.2, 0.25) is 11.8 Å². The van der Waals surface area contributed by atoms with Crippen molar-refractivity contribution in [3.63, 3.8) is 0 Å². The fraction of sp³-hybridized carbons (Fsp3) is 0.867. The summed E-state index contributed by atoms with van der Waals surface area (Å²) in [5.41, 5.74) is -0.226. The Balaban J connectivity index is 2.08. The molecule has 0 aromatic rings. The Labute approximate surface area is 121 Å². The number of aliphatic hydroxyl groups is 1. The highest BCUT2D eigenvalue weighted by Crippen LogP contribution is 2.47. The molecule has 20 heavy (non-hydrogen) atoms. The first-order valence-electron chi connectivity index (χ1n) is 7.45. The highest BCUT2D eigenvalue weighted by atomic mass is 16.3. The lowest BCUT2D eigenvalue weighted by molar-refractivity contribution is -0.128. The average molecular weight is 284 g/mol. The molecule has 0 atom stereocenters. The van der Waals surface area contributed by atoms with Crippen LogP contribution in [-0.4, -0.2) is 36.6 Å². The molecule has 2 amide bonds. The van der Waals surface area contributed by atoms with Crippen LogP contribution in [0.15, 0.2) is 0 Å². The topological polar surface area (TPSA) is 78.4 Å². The summed E-state index contributed by atoms with van der Waals surface area (Å²) >= 11 is 0. The molecule has 1 saturated carbocycles. The van der Waals surface area contributed by atoms with Gasteiger partial charge in [-0.25, -0.2) is 0 Å². The SMILES string of the molecule is CC(C)(C)C(=O)NCCCC(=O)NCC1(CCO)CC1. The third-order valence-corrected chi connectivity index (χ3v) is 3.81. The van der Waals surface area contributed by atoms with Crippen LogP contribution in [-0.2, 0) is 9.59 Å². The van der Waals surface area contributed by atoms with Gasteiger partial charge in [-0.15, -0.1) is 0 Å². The van der Waals surface area contributed by atoms with Gasteiger partial charge in [-0.2, -0.15) is 0 Å². The van der Waals surface area contributed by atoms with Crippen LogP contribution in [0.5, 0.6) is 0 Å². The average Bonchev–Trinajstić information content (AvgIpc) is 3.11. The van der Waals surface area contributed by atoms with Crippen LogP contribution in [0.3, 0.4) is 0 Å². The molecular weight excluding hydrogens is 256 g/mol. The summed E-state index contributed by atoms with van der Waals surface area (Å²) < 4.78 is 0. The van der Waals surface area contributed by atoms with Gasteiger partial charge >= 0.3 is 0 Å².